The lowest BCUT2D eigenvalue weighted by Gasteiger charge is -2.22. The molecule has 2 heterocycles. The molecule has 5 heteroatoms. The van der Waals surface area contributed by atoms with Crippen LogP contribution in [0.5, 0.6) is 0 Å². The minimum Gasteiger partial charge on any atom is -0.376 e. The Labute approximate surface area is 105 Å². The van der Waals surface area contributed by atoms with Gasteiger partial charge in [0.25, 0.3) is 5.91 Å². The number of amides is 1. The highest BCUT2D eigenvalue weighted by atomic mass is 35.5. The number of aromatic nitrogens is 1. The molecule has 0 spiro atoms. The standard InChI is InChI=1S/C12H15ClN2O2/c13-11-4-5-14-8-10(11)12(16)15-7-9-3-1-2-6-17-9/h4-5,8-9H,1-3,6-7H2,(H,15,16). The molecular weight excluding hydrogens is 240 g/mol. The van der Waals surface area contributed by atoms with E-state index < -0.39 is 0 Å². The monoisotopic (exact) mass is 254 g/mol. The van der Waals surface area contributed by atoms with Crippen LogP contribution in [0.15, 0.2) is 18.5 Å². The summed E-state index contributed by atoms with van der Waals surface area (Å²) in [6.45, 7) is 1.32. The molecule has 1 saturated heterocycles. The molecule has 0 aliphatic carbocycles. The number of carbonyl (C=O) groups is 1. The van der Waals surface area contributed by atoms with Crippen LogP contribution in [-0.4, -0.2) is 30.1 Å². The molecule has 0 saturated carbocycles. The van der Waals surface area contributed by atoms with Crippen molar-refractivity contribution in [3.8, 4) is 0 Å². The summed E-state index contributed by atoms with van der Waals surface area (Å²) in [5.41, 5.74) is 0.407. The lowest BCUT2D eigenvalue weighted by atomic mass is 10.1. The van der Waals surface area contributed by atoms with Crippen molar-refractivity contribution in [3.63, 3.8) is 0 Å². The Morgan fingerprint density at radius 3 is 3.18 bits per heavy atom. The van der Waals surface area contributed by atoms with Gasteiger partial charge < -0.3 is 10.1 Å². The number of ether oxygens (including phenoxy) is 1. The summed E-state index contributed by atoms with van der Waals surface area (Å²) >= 11 is 5.91. The Kier molecular flexibility index (Phi) is 4.34. The Bertz CT molecular complexity index is 392. The average molecular weight is 255 g/mol. The van der Waals surface area contributed by atoms with E-state index in [2.05, 4.69) is 10.3 Å². The quantitative estimate of drug-likeness (QED) is 0.898. The van der Waals surface area contributed by atoms with Gasteiger partial charge >= 0.3 is 0 Å². The first-order chi connectivity index (χ1) is 8.27. The highest BCUT2D eigenvalue weighted by Gasteiger charge is 2.16. The zero-order valence-electron chi connectivity index (χ0n) is 9.49. The number of halogens is 1. The zero-order valence-corrected chi connectivity index (χ0v) is 10.2. The Hall–Kier alpha value is -1.13. The summed E-state index contributed by atoms with van der Waals surface area (Å²) in [5.74, 6) is -0.197. The fourth-order valence-electron chi connectivity index (χ4n) is 1.81. The Morgan fingerprint density at radius 2 is 2.47 bits per heavy atom. The SMILES string of the molecule is O=C(NCC1CCCCO1)c1cnccc1Cl. The van der Waals surface area contributed by atoms with E-state index in [0.29, 0.717) is 17.1 Å². The van der Waals surface area contributed by atoms with E-state index in [1.165, 1.54) is 6.20 Å². The summed E-state index contributed by atoms with van der Waals surface area (Å²) in [6, 6.07) is 1.60. The van der Waals surface area contributed by atoms with E-state index in [-0.39, 0.29) is 12.0 Å². The van der Waals surface area contributed by atoms with E-state index in [1.807, 2.05) is 0 Å². The molecule has 1 atom stereocenters. The Morgan fingerprint density at radius 1 is 1.59 bits per heavy atom. The minimum atomic E-state index is -0.197. The minimum absolute atomic E-state index is 0.128. The topological polar surface area (TPSA) is 51.2 Å². The molecule has 1 fully saturated rings. The van der Waals surface area contributed by atoms with Gasteiger partial charge in [0, 0.05) is 25.5 Å². The largest absolute Gasteiger partial charge is 0.376 e. The molecule has 4 nitrogen and oxygen atoms in total. The molecule has 1 aliphatic heterocycles. The molecule has 1 aliphatic rings. The van der Waals surface area contributed by atoms with Crippen molar-refractivity contribution in [2.75, 3.05) is 13.2 Å². The molecule has 1 amide bonds. The van der Waals surface area contributed by atoms with Gasteiger partial charge in [0.05, 0.1) is 16.7 Å². The van der Waals surface area contributed by atoms with E-state index in [9.17, 15) is 4.79 Å². The number of nitrogens with zero attached hydrogens (tertiary/aromatic N) is 1. The molecule has 0 radical (unpaired) electrons. The van der Waals surface area contributed by atoms with Crippen molar-refractivity contribution in [1.29, 1.82) is 0 Å². The van der Waals surface area contributed by atoms with Crippen LogP contribution in [0.3, 0.4) is 0 Å². The maximum Gasteiger partial charge on any atom is 0.254 e. The van der Waals surface area contributed by atoms with Gasteiger partial charge in [0.2, 0.25) is 0 Å². The Balaban J connectivity index is 1.87. The van der Waals surface area contributed by atoms with Gasteiger partial charge in [-0.1, -0.05) is 11.6 Å². The molecule has 92 valence electrons. The fraction of sp³-hybridized carbons (Fsp3) is 0.500. The maximum absolute atomic E-state index is 11.8. The van der Waals surface area contributed by atoms with Crippen LogP contribution in [0.4, 0.5) is 0 Å². The number of carbonyl (C=O) groups excluding carboxylic acids is 1. The lowest BCUT2D eigenvalue weighted by Crippen LogP contribution is -2.35. The van der Waals surface area contributed by atoms with Gasteiger partial charge in [-0.05, 0) is 25.3 Å². The van der Waals surface area contributed by atoms with Crippen molar-refractivity contribution in [2.24, 2.45) is 0 Å². The smallest absolute Gasteiger partial charge is 0.254 e. The van der Waals surface area contributed by atoms with E-state index in [4.69, 9.17) is 16.3 Å². The van der Waals surface area contributed by atoms with E-state index in [0.717, 1.165) is 25.9 Å². The van der Waals surface area contributed by atoms with Crippen molar-refractivity contribution in [2.45, 2.75) is 25.4 Å². The van der Waals surface area contributed by atoms with Gasteiger partial charge in [-0.15, -0.1) is 0 Å². The number of hydrogen-bond acceptors (Lipinski definition) is 3. The van der Waals surface area contributed by atoms with Crippen molar-refractivity contribution in [3.05, 3.63) is 29.0 Å². The molecule has 17 heavy (non-hydrogen) atoms. The normalized spacial score (nSPS) is 19.9. The van der Waals surface area contributed by atoms with Gasteiger partial charge in [0.1, 0.15) is 0 Å². The third kappa shape index (κ3) is 3.41. The van der Waals surface area contributed by atoms with Crippen LogP contribution < -0.4 is 5.32 Å². The fourth-order valence-corrected chi connectivity index (χ4v) is 2.01. The zero-order chi connectivity index (χ0) is 12.1. The summed E-state index contributed by atoms with van der Waals surface area (Å²) < 4.78 is 5.53. The highest BCUT2D eigenvalue weighted by molar-refractivity contribution is 6.33. The summed E-state index contributed by atoms with van der Waals surface area (Å²) in [7, 11) is 0. The van der Waals surface area contributed by atoms with Gasteiger partial charge in [-0.2, -0.15) is 0 Å². The molecule has 0 bridgehead atoms. The van der Waals surface area contributed by atoms with Gasteiger partial charge in [-0.25, -0.2) is 0 Å². The predicted molar refractivity (Wildman–Crippen MR) is 65.2 cm³/mol. The van der Waals surface area contributed by atoms with Crippen molar-refractivity contribution < 1.29 is 9.53 Å². The first kappa shape index (κ1) is 12.3. The number of rotatable bonds is 3. The lowest BCUT2D eigenvalue weighted by molar-refractivity contribution is 0.0169. The summed E-state index contributed by atoms with van der Waals surface area (Å²) in [5, 5.41) is 3.24. The molecule has 1 aromatic rings. The number of hydrogen-bond donors (Lipinski definition) is 1. The van der Waals surface area contributed by atoms with Crippen LogP contribution in [0.1, 0.15) is 29.6 Å². The molecule has 0 aromatic carbocycles. The maximum atomic E-state index is 11.8. The van der Waals surface area contributed by atoms with Crippen molar-refractivity contribution >= 4 is 17.5 Å². The van der Waals surface area contributed by atoms with E-state index in [1.54, 1.807) is 12.3 Å². The van der Waals surface area contributed by atoms with Crippen LogP contribution >= 0.6 is 11.6 Å². The van der Waals surface area contributed by atoms with Crippen LogP contribution in [0.25, 0.3) is 0 Å². The molecular formula is C12H15ClN2O2. The highest BCUT2D eigenvalue weighted by Crippen LogP contribution is 2.14. The molecule has 1 N–H and O–H groups in total. The van der Waals surface area contributed by atoms with Gasteiger partial charge in [-0.3, -0.25) is 9.78 Å². The average Bonchev–Trinajstić information content (AvgIpc) is 2.38. The first-order valence-corrected chi connectivity index (χ1v) is 6.14. The van der Waals surface area contributed by atoms with Crippen LogP contribution in [0.2, 0.25) is 5.02 Å². The molecule has 1 unspecified atom stereocenters. The third-order valence-corrected chi connectivity index (χ3v) is 3.11. The van der Waals surface area contributed by atoms with Crippen LogP contribution in [-0.2, 0) is 4.74 Å². The number of pyridine rings is 1. The van der Waals surface area contributed by atoms with Crippen molar-refractivity contribution in [1.82, 2.24) is 10.3 Å². The van der Waals surface area contributed by atoms with Crippen LogP contribution in [0, 0.1) is 0 Å². The first-order valence-electron chi connectivity index (χ1n) is 5.76. The molecule has 1 aromatic heterocycles. The third-order valence-electron chi connectivity index (χ3n) is 2.78. The molecule has 2 rings (SSSR count). The van der Waals surface area contributed by atoms with Gasteiger partial charge in [0.15, 0.2) is 0 Å². The predicted octanol–water partition coefficient (Wildman–Crippen LogP) is 2.03. The second kappa shape index (κ2) is 5.98. The summed E-state index contributed by atoms with van der Waals surface area (Å²) in [6.07, 6.45) is 6.43. The second-order valence-electron chi connectivity index (χ2n) is 4.05. The van der Waals surface area contributed by atoms with E-state index >= 15 is 0 Å². The number of nitrogens with one attached hydrogen (secondary N) is 1. The second-order valence-corrected chi connectivity index (χ2v) is 4.46. The summed E-state index contributed by atoms with van der Waals surface area (Å²) in [4.78, 5) is 15.7.